The Morgan fingerprint density at radius 2 is 2.25 bits per heavy atom. The largest absolute Gasteiger partial charge is 0.423 e. The van der Waals surface area contributed by atoms with Crippen molar-refractivity contribution < 1.29 is 9.63 Å². The van der Waals surface area contributed by atoms with E-state index in [0.717, 1.165) is 4.88 Å². The summed E-state index contributed by atoms with van der Waals surface area (Å²) in [5, 5.41) is 1.19. The van der Waals surface area contributed by atoms with E-state index in [-0.39, 0.29) is 6.04 Å². The molecule has 5 heteroatoms. The van der Waals surface area contributed by atoms with Crippen molar-refractivity contribution in [1.82, 2.24) is 5.48 Å². The number of amides is 1. The zero-order valence-corrected chi connectivity index (χ0v) is 9.58. The van der Waals surface area contributed by atoms with Crippen LogP contribution in [-0.4, -0.2) is 6.09 Å². The molecule has 4 nitrogen and oxygen atoms in total. The van der Waals surface area contributed by atoms with Crippen LogP contribution in [-0.2, 0) is 4.84 Å². The van der Waals surface area contributed by atoms with Crippen molar-refractivity contribution in [3.8, 4) is 0 Å². The molecule has 0 radical (unpaired) electrons. The molecule has 1 aromatic heterocycles. The second-order valence-electron chi connectivity index (χ2n) is 3.45. The molecule has 16 heavy (non-hydrogen) atoms. The van der Waals surface area contributed by atoms with Crippen molar-refractivity contribution in [2.75, 3.05) is 0 Å². The van der Waals surface area contributed by atoms with E-state index in [1.165, 1.54) is 10.1 Å². The lowest BCUT2D eigenvalue weighted by atomic mass is 10.2. The van der Waals surface area contributed by atoms with E-state index in [9.17, 15) is 4.79 Å². The van der Waals surface area contributed by atoms with E-state index in [1.54, 1.807) is 11.3 Å². The van der Waals surface area contributed by atoms with Crippen LogP contribution in [0.4, 0.5) is 4.79 Å². The van der Waals surface area contributed by atoms with Gasteiger partial charge < -0.3 is 10.6 Å². The zero-order valence-electron chi connectivity index (χ0n) is 8.77. The number of fused-ring (bicyclic) bond motifs is 1. The van der Waals surface area contributed by atoms with Crippen LogP contribution in [0.5, 0.6) is 0 Å². The zero-order chi connectivity index (χ0) is 11.5. The Bertz CT molecular complexity index is 476. The molecular weight excluding hydrogens is 224 g/mol. The van der Waals surface area contributed by atoms with Gasteiger partial charge in [0.1, 0.15) is 0 Å². The molecule has 3 N–H and O–H groups in total. The maximum atomic E-state index is 10.4. The summed E-state index contributed by atoms with van der Waals surface area (Å²) in [7, 11) is 0. The third kappa shape index (κ3) is 2.32. The number of nitrogens with one attached hydrogen (secondary N) is 1. The minimum atomic E-state index is -0.826. The molecule has 0 saturated heterocycles. The Morgan fingerprint density at radius 3 is 2.94 bits per heavy atom. The molecule has 0 aliphatic heterocycles. The fourth-order valence-corrected chi connectivity index (χ4v) is 2.48. The van der Waals surface area contributed by atoms with Gasteiger partial charge in [0.05, 0.1) is 6.04 Å². The van der Waals surface area contributed by atoms with Crippen molar-refractivity contribution in [2.24, 2.45) is 5.73 Å². The number of hydroxylamine groups is 1. The first kappa shape index (κ1) is 10.9. The molecule has 2 aromatic rings. The quantitative estimate of drug-likeness (QED) is 0.805. The van der Waals surface area contributed by atoms with Gasteiger partial charge in [-0.3, -0.25) is 0 Å². The molecule has 0 unspecified atom stereocenters. The van der Waals surface area contributed by atoms with Crippen LogP contribution in [0, 0.1) is 0 Å². The first-order chi connectivity index (χ1) is 7.66. The number of hydrogen-bond acceptors (Lipinski definition) is 4. The summed E-state index contributed by atoms with van der Waals surface area (Å²) >= 11 is 1.66. The van der Waals surface area contributed by atoms with Crippen LogP contribution < -0.4 is 11.2 Å². The van der Waals surface area contributed by atoms with Gasteiger partial charge in [-0.1, -0.05) is 18.2 Å². The van der Waals surface area contributed by atoms with Gasteiger partial charge in [-0.2, -0.15) is 0 Å². The number of carbonyl (C=O) groups is 1. The Morgan fingerprint density at radius 1 is 1.50 bits per heavy atom. The van der Waals surface area contributed by atoms with E-state index in [2.05, 4.69) is 28.5 Å². The van der Waals surface area contributed by atoms with Gasteiger partial charge in [0.15, 0.2) is 0 Å². The van der Waals surface area contributed by atoms with Crippen LogP contribution in [0.2, 0.25) is 0 Å². The number of benzene rings is 1. The molecule has 1 heterocycles. The normalized spacial score (nSPS) is 12.6. The Labute approximate surface area is 97.0 Å². The van der Waals surface area contributed by atoms with Crippen LogP contribution in [0.15, 0.2) is 30.3 Å². The monoisotopic (exact) mass is 236 g/mol. The van der Waals surface area contributed by atoms with Gasteiger partial charge in [0, 0.05) is 9.58 Å². The fourth-order valence-electron chi connectivity index (χ4n) is 1.42. The first-order valence-electron chi connectivity index (χ1n) is 4.87. The van der Waals surface area contributed by atoms with Crippen LogP contribution >= 0.6 is 11.3 Å². The molecule has 2 rings (SSSR count). The van der Waals surface area contributed by atoms with E-state index in [4.69, 9.17) is 5.73 Å². The highest BCUT2D eigenvalue weighted by Crippen LogP contribution is 2.29. The molecular formula is C11H12N2O2S. The van der Waals surface area contributed by atoms with Crippen LogP contribution in [0.25, 0.3) is 10.1 Å². The highest BCUT2D eigenvalue weighted by atomic mass is 32.1. The van der Waals surface area contributed by atoms with Crippen LogP contribution in [0.1, 0.15) is 17.8 Å². The summed E-state index contributed by atoms with van der Waals surface area (Å²) in [6.45, 7) is 1.91. The lowest BCUT2D eigenvalue weighted by Gasteiger charge is -2.09. The molecule has 0 aliphatic carbocycles. The van der Waals surface area contributed by atoms with Crippen molar-refractivity contribution in [3.63, 3.8) is 0 Å². The molecule has 0 saturated carbocycles. The van der Waals surface area contributed by atoms with E-state index < -0.39 is 6.09 Å². The maximum Gasteiger partial charge on any atom is 0.423 e. The fraction of sp³-hybridized carbons (Fsp3) is 0.182. The molecule has 0 spiro atoms. The van der Waals surface area contributed by atoms with Crippen LogP contribution in [0.3, 0.4) is 0 Å². The number of rotatable bonds is 3. The third-order valence-electron chi connectivity index (χ3n) is 2.21. The summed E-state index contributed by atoms with van der Waals surface area (Å²) in [4.78, 5) is 16.1. The molecule has 0 bridgehead atoms. The summed E-state index contributed by atoms with van der Waals surface area (Å²) in [5.41, 5.74) is 7.47. The molecule has 1 amide bonds. The number of thiophene rings is 1. The van der Waals surface area contributed by atoms with Crippen molar-refractivity contribution in [2.45, 2.75) is 13.0 Å². The Hall–Kier alpha value is -1.59. The number of nitrogens with two attached hydrogens (primary N) is 1. The second kappa shape index (κ2) is 4.51. The number of primary amides is 1. The Kier molecular flexibility index (Phi) is 3.07. The van der Waals surface area contributed by atoms with E-state index in [1.807, 2.05) is 19.1 Å². The minimum Gasteiger partial charge on any atom is -0.353 e. The number of hydrogen-bond donors (Lipinski definition) is 2. The van der Waals surface area contributed by atoms with Gasteiger partial charge in [-0.15, -0.1) is 16.8 Å². The molecule has 1 atom stereocenters. The van der Waals surface area contributed by atoms with Gasteiger partial charge in [-0.25, -0.2) is 4.79 Å². The molecule has 0 aliphatic rings. The second-order valence-corrected chi connectivity index (χ2v) is 4.56. The van der Waals surface area contributed by atoms with Gasteiger partial charge >= 0.3 is 6.09 Å². The topological polar surface area (TPSA) is 64.3 Å². The van der Waals surface area contributed by atoms with Gasteiger partial charge in [0.25, 0.3) is 0 Å². The molecule has 1 aromatic carbocycles. The van der Waals surface area contributed by atoms with E-state index >= 15 is 0 Å². The summed E-state index contributed by atoms with van der Waals surface area (Å²) < 4.78 is 1.21. The highest BCUT2D eigenvalue weighted by Gasteiger charge is 2.10. The van der Waals surface area contributed by atoms with Gasteiger partial charge in [-0.05, 0) is 24.4 Å². The minimum absolute atomic E-state index is 0.0649. The average Bonchev–Trinajstić information content (AvgIpc) is 2.69. The Balaban J connectivity index is 2.16. The smallest absolute Gasteiger partial charge is 0.353 e. The third-order valence-corrected chi connectivity index (χ3v) is 3.51. The maximum absolute atomic E-state index is 10.4. The van der Waals surface area contributed by atoms with Gasteiger partial charge in [0.2, 0.25) is 0 Å². The van der Waals surface area contributed by atoms with Crippen molar-refractivity contribution in [3.05, 3.63) is 35.2 Å². The SMILES string of the molecule is C[C@@H](NOC(N)=O)c1cc2ccccc2s1. The summed E-state index contributed by atoms with van der Waals surface area (Å²) in [5.74, 6) is 0. The predicted octanol–water partition coefficient (Wildman–Crippen LogP) is 2.56. The summed E-state index contributed by atoms with van der Waals surface area (Å²) in [6, 6.07) is 10.1. The van der Waals surface area contributed by atoms with Crippen molar-refractivity contribution in [1.29, 1.82) is 0 Å². The predicted molar refractivity (Wildman–Crippen MR) is 64.0 cm³/mol. The first-order valence-corrected chi connectivity index (χ1v) is 5.69. The lowest BCUT2D eigenvalue weighted by Crippen LogP contribution is -2.26. The number of carbonyl (C=O) groups excluding carboxylic acids is 1. The van der Waals surface area contributed by atoms with Crippen molar-refractivity contribution >= 4 is 27.5 Å². The standard InChI is InChI=1S/C11H12N2O2S/c1-7(13-15-11(12)14)10-6-8-4-2-3-5-9(8)16-10/h2-7,13H,1H3,(H2,12,14)/t7-/m1/s1. The summed E-state index contributed by atoms with van der Waals surface area (Å²) in [6.07, 6.45) is -0.826. The molecule has 0 fully saturated rings. The van der Waals surface area contributed by atoms with E-state index in [0.29, 0.717) is 0 Å². The molecule has 84 valence electrons. The average molecular weight is 236 g/mol. The highest BCUT2D eigenvalue weighted by molar-refractivity contribution is 7.19. The lowest BCUT2D eigenvalue weighted by molar-refractivity contribution is 0.0807.